The normalized spacial score (nSPS) is 27.0. The summed E-state index contributed by atoms with van der Waals surface area (Å²) in [5, 5.41) is 0. The summed E-state index contributed by atoms with van der Waals surface area (Å²) in [4.78, 5) is 17.6. The van der Waals surface area contributed by atoms with Crippen LogP contribution in [0.3, 0.4) is 0 Å². The molecule has 4 heteroatoms. The Morgan fingerprint density at radius 3 is 2.84 bits per heavy atom. The van der Waals surface area contributed by atoms with E-state index in [1.807, 2.05) is 24.3 Å². The number of carbonyl (C=O) groups excluding carboxylic acids is 1. The van der Waals surface area contributed by atoms with E-state index in [1.54, 1.807) is 7.11 Å². The summed E-state index contributed by atoms with van der Waals surface area (Å²) in [6.07, 6.45) is 7.05. The van der Waals surface area contributed by atoms with Crippen molar-refractivity contribution in [2.75, 3.05) is 39.8 Å². The van der Waals surface area contributed by atoms with Crippen molar-refractivity contribution in [1.29, 1.82) is 0 Å². The van der Waals surface area contributed by atoms with Gasteiger partial charge in [0.2, 0.25) is 5.91 Å². The molecule has 0 bridgehead atoms. The first-order chi connectivity index (χ1) is 12.2. The van der Waals surface area contributed by atoms with E-state index in [2.05, 4.69) is 9.80 Å². The average Bonchev–Trinajstić information content (AvgIpc) is 3.34. The van der Waals surface area contributed by atoms with Gasteiger partial charge in [0.05, 0.1) is 13.5 Å². The van der Waals surface area contributed by atoms with Crippen LogP contribution in [0.15, 0.2) is 24.3 Å². The van der Waals surface area contributed by atoms with Crippen LogP contribution >= 0.6 is 0 Å². The number of benzene rings is 1. The van der Waals surface area contributed by atoms with E-state index in [-0.39, 0.29) is 5.91 Å². The second kappa shape index (κ2) is 6.99. The van der Waals surface area contributed by atoms with Crippen molar-refractivity contribution in [2.45, 2.75) is 38.5 Å². The molecule has 4 rings (SSSR count). The Morgan fingerprint density at radius 2 is 2.04 bits per heavy atom. The molecule has 3 fully saturated rings. The molecule has 136 valence electrons. The van der Waals surface area contributed by atoms with Gasteiger partial charge in [0.25, 0.3) is 0 Å². The van der Waals surface area contributed by atoms with Crippen molar-refractivity contribution in [1.82, 2.24) is 9.80 Å². The lowest BCUT2D eigenvalue weighted by Gasteiger charge is -2.40. The molecule has 0 unspecified atom stereocenters. The molecule has 4 nitrogen and oxygen atoms in total. The van der Waals surface area contributed by atoms with Gasteiger partial charge in [0.15, 0.2) is 0 Å². The van der Waals surface area contributed by atoms with Crippen molar-refractivity contribution >= 4 is 5.91 Å². The number of piperidine rings is 1. The van der Waals surface area contributed by atoms with E-state index in [9.17, 15) is 4.79 Å². The first-order valence-electron chi connectivity index (χ1n) is 9.79. The Labute approximate surface area is 151 Å². The Balaban J connectivity index is 1.37. The van der Waals surface area contributed by atoms with E-state index < -0.39 is 0 Å². The number of hydrogen-bond acceptors (Lipinski definition) is 3. The zero-order valence-electron chi connectivity index (χ0n) is 15.4. The maximum absolute atomic E-state index is 12.8. The second-order valence-electron chi connectivity index (χ2n) is 8.34. The van der Waals surface area contributed by atoms with Crippen molar-refractivity contribution in [3.8, 4) is 5.75 Å². The quantitative estimate of drug-likeness (QED) is 0.825. The third-order valence-corrected chi connectivity index (χ3v) is 6.28. The first kappa shape index (κ1) is 16.9. The van der Waals surface area contributed by atoms with Gasteiger partial charge in [0, 0.05) is 37.2 Å². The van der Waals surface area contributed by atoms with E-state index in [0.717, 1.165) is 30.3 Å². The number of rotatable bonds is 5. The lowest BCUT2D eigenvalue weighted by Crippen LogP contribution is -2.46. The molecular weight excluding hydrogens is 312 g/mol. The number of likely N-dealkylation sites (tertiary alicyclic amines) is 2. The Morgan fingerprint density at radius 1 is 1.20 bits per heavy atom. The molecule has 0 N–H and O–H groups in total. The van der Waals surface area contributed by atoms with E-state index >= 15 is 0 Å². The van der Waals surface area contributed by atoms with Crippen molar-refractivity contribution < 1.29 is 9.53 Å². The monoisotopic (exact) mass is 342 g/mol. The third-order valence-electron chi connectivity index (χ3n) is 6.28. The number of methoxy groups -OCH3 is 1. The van der Waals surface area contributed by atoms with Crippen LogP contribution in [0.25, 0.3) is 0 Å². The molecule has 1 amide bonds. The van der Waals surface area contributed by atoms with E-state index in [4.69, 9.17) is 4.74 Å². The molecule has 25 heavy (non-hydrogen) atoms. The number of hydrogen-bond donors (Lipinski definition) is 0. The summed E-state index contributed by atoms with van der Waals surface area (Å²) >= 11 is 0. The van der Waals surface area contributed by atoms with Gasteiger partial charge in [-0.25, -0.2) is 0 Å². The Bertz CT molecular complexity index is 628. The molecule has 1 aliphatic carbocycles. The number of carbonyl (C=O) groups is 1. The number of nitrogens with zero attached hydrogens (tertiary/aromatic N) is 2. The molecule has 1 saturated carbocycles. The van der Waals surface area contributed by atoms with Gasteiger partial charge >= 0.3 is 0 Å². The van der Waals surface area contributed by atoms with Crippen LogP contribution in [0.2, 0.25) is 0 Å². The summed E-state index contributed by atoms with van der Waals surface area (Å²) in [5.41, 5.74) is 1.35. The maximum atomic E-state index is 12.8. The lowest BCUT2D eigenvalue weighted by molar-refractivity contribution is -0.130. The zero-order chi connectivity index (χ0) is 17.3. The minimum Gasteiger partial charge on any atom is -0.496 e. The largest absolute Gasteiger partial charge is 0.496 e. The maximum Gasteiger partial charge on any atom is 0.227 e. The fourth-order valence-electron chi connectivity index (χ4n) is 4.74. The molecule has 2 aliphatic heterocycles. The van der Waals surface area contributed by atoms with Crippen LogP contribution in [0.4, 0.5) is 0 Å². The molecule has 1 aromatic carbocycles. The predicted octanol–water partition coefficient (Wildman–Crippen LogP) is 2.96. The molecule has 0 radical (unpaired) electrons. The van der Waals surface area contributed by atoms with Gasteiger partial charge in [-0.05, 0) is 50.6 Å². The fraction of sp³-hybridized carbons (Fsp3) is 0.667. The van der Waals surface area contributed by atoms with Gasteiger partial charge in [-0.2, -0.15) is 0 Å². The smallest absolute Gasteiger partial charge is 0.227 e. The second-order valence-corrected chi connectivity index (χ2v) is 8.34. The van der Waals surface area contributed by atoms with Crippen LogP contribution < -0.4 is 4.74 Å². The average molecular weight is 342 g/mol. The summed E-state index contributed by atoms with van der Waals surface area (Å²) < 4.78 is 5.40. The van der Waals surface area contributed by atoms with Crippen LogP contribution in [0.5, 0.6) is 5.75 Å². The van der Waals surface area contributed by atoms with Crippen LogP contribution in [0.1, 0.15) is 37.7 Å². The minimum atomic E-state index is 0.251. The molecule has 2 heterocycles. The summed E-state index contributed by atoms with van der Waals surface area (Å²) in [5.74, 6) is 2.03. The minimum absolute atomic E-state index is 0.251. The summed E-state index contributed by atoms with van der Waals surface area (Å²) in [6, 6.07) is 7.87. The topological polar surface area (TPSA) is 32.8 Å². The van der Waals surface area contributed by atoms with E-state index in [1.165, 1.54) is 51.7 Å². The van der Waals surface area contributed by atoms with Crippen molar-refractivity contribution in [3.63, 3.8) is 0 Å². The molecule has 2 saturated heterocycles. The highest BCUT2D eigenvalue weighted by Gasteiger charge is 2.43. The van der Waals surface area contributed by atoms with Crippen LogP contribution in [-0.2, 0) is 11.2 Å². The fourth-order valence-corrected chi connectivity index (χ4v) is 4.74. The van der Waals surface area contributed by atoms with Gasteiger partial charge in [0.1, 0.15) is 5.75 Å². The highest BCUT2D eigenvalue weighted by molar-refractivity contribution is 5.79. The van der Waals surface area contributed by atoms with E-state index in [0.29, 0.717) is 11.8 Å². The van der Waals surface area contributed by atoms with Gasteiger partial charge < -0.3 is 14.5 Å². The number of ether oxygens (including phenoxy) is 1. The van der Waals surface area contributed by atoms with Crippen LogP contribution in [-0.4, -0.2) is 55.5 Å². The first-order valence-corrected chi connectivity index (χ1v) is 9.79. The van der Waals surface area contributed by atoms with Crippen molar-refractivity contribution in [3.05, 3.63) is 29.8 Å². The molecular formula is C21H30N2O2. The highest BCUT2D eigenvalue weighted by atomic mass is 16.5. The Hall–Kier alpha value is -1.55. The molecule has 1 aromatic rings. The molecule has 1 atom stereocenters. The molecule has 0 aromatic heterocycles. The number of para-hydroxylation sites is 1. The van der Waals surface area contributed by atoms with Gasteiger partial charge in [-0.3, -0.25) is 4.79 Å². The molecule has 1 spiro atoms. The SMILES string of the molecule is COc1ccccc1CC(=O)N1CC[C@]2(CCCN(CC3CC3)C2)C1. The Kier molecular flexibility index (Phi) is 4.72. The highest BCUT2D eigenvalue weighted by Crippen LogP contribution is 2.40. The lowest BCUT2D eigenvalue weighted by atomic mass is 9.79. The standard InChI is InChI=1S/C21H30N2O2/c1-25-19-6-3-2-5-18(19)13-20(24)23-12-10-21(16-23)9-4-11-22(15-21)14-17-7-8-17/h2-3,5-6,17H,4,7-16H2,1H3/t21-/m0/s1. The predicted molar refractivity (Wildman–Crippen MR) is 98.7 cm³/mol. The van der Waals surface area contributed by atoms with Gasteiger partial charge in [-0.15, -0.1) is 0 Å². The molecule has 3 aliphatic rings. The summed E-state index contributed by atoms with van der Waals surface area (Å²) in [7, 11) is 1.67. The number of amides is 1. The van der Waals surface area contributed by atoms with Gasteiger partial charge in [-0.1, -0.05) is 18.2 Å². The van der Waals surface area contributed by atoms with Crippen molar-refractivity contribution in [2.24, 2.45) is 11.3 Å². The third kappa shape index (κ3) is 3.84. The summed E-state index contributed by atoms with van der Waals surface area (Å²) in [6.45, 7) is 5.61. The van der Waals surface area contributed by atoms with Crippen LogP contribution in [0, 0.1) is 11.3 Å². The zero-order valence-corrected chi connectivity index (χ0v) is 15.4.